The first kappa shape index (κ1) is 20.4. The molecule has 0 saturated carbocycles. The number of nitrogens with two attached hydrogens (primary N) is 1. The Labute approximate surface area is 144 Å². The lowest BCUT2D eigenvalue weighted by Crippen LogP contribution is -2.34. The molecule has 3 heteroatoms. The molecule has 0 bridgehead atoms. The van der Waals surface area contributed by atoms with Crippen LogP contribution in [0.15, 0.2) is 17.1 Å². The van der Waals surface area contributed by atoms with Gasteiger partial charge in [-0.05, 0) is 25.7 Å². The summed E-state index contributed by atoms with van der Waals surface area (Å²) in [6.45, 7) is 4.95. The maximum absolute atomic E-state index is 5.63. The molecule has 0 fully saturated rings. The van der Waals surface area contributed by atoms with Gasteiger partial charge in [-0.25, -0.2) is 0 Å². The first-order chi connectivity index (χ1) is 11.4. The lowest BCUT2D eigenvalue weighted by Gasteiger charge is -2.21. The molecule has 0 aromatic heterocycles. The van der Waals surface area contributed by atoms with E-state index in [-0.39, 0.29) is 0 Å². The van der Waals surface area contributed by atoms with E-state index in [4.69, 9.17) is 5.73 Å². The van der Waals surface area contributed by atoms with E-state index < -0.39 is 0 Å². The second kappa shape index (κ2) is 14.9. The summed E-state index contributed by atoms with van der Waals surface area (Å²) >= 11 is 0. The third kappa shape index (κ3) is 10.7. The Hall–Kier alpha value is -0.670. The number of unbranched alkanes of at least 4 members (excludes halogenated alkanes) is 9. The van der Waals surface area contributed by atoms with Crippen molar-refractivity contribution in [3.63, 3.8) is 0 Å². The third-order valence-corrected chi connectivity index (χ3v) is 4.66. The molecular weight excluding hydrogens is 282 g/mol. The van der Waals surface area contributed by atoms with Crippen molar-refractivity contribution < 1.29 is 0 Å². The van der Waals surface area contributed by atoms with Gasteiger partial charge in [-0.3, -0.25) is 9.89 Å². The smallest absolute Gasteiger partial charge is 0.102 e. The van der Waals surface area contributed by atoms with Crippen LogP contribution in [0.25, 0.3) is 0 Å². The van der Waals surface area contributed by atoms with Gasteiger partial charge in [-0.2, -0.15) is 0 Å². The topological polar surface area (TPSA) is 41.6 Å². The van der Waals surface area contributed by atoms with Crippen LogP contribution in [0.1, 0.15) is 84.0 Å². The molecule has 0 saturated heterocycles. The molecule has 1 heterocycles. The van der Waals surface area contributed by atoms with Gasteiger partial charge in [-0.15, -0.1) is 0 Å². The average Bonchev–Trinajstić information content (AvgIpc) is 2.99. The van der Waals surface area contributed by atoms with E-state index in [2.05, 4.69) is 29.0 Å². The Kier molecular flexibility index (Phi) is 13.2. The van der Waals surface area contributed by atoms with Gasteiger partial charge in [0.25, 0.3) is 0 Å². The minimum absolute atomic E-state index is 0.371. The molecule has 134 valence electrons. The van der Waals surface area contributed by atoms with Crippen LogP contribution < -0.4 is 5.73 Å². The summed E-state index contributed by atoms with van der Waals surface area (Å²) in [6, 6.07) is 0. The van der Waals surface area contributed by atoms with Gasteiger partial charge in [0, 0.05) is 25.8 Å². The molecule has 1 unspecified atom stereocenters. The third-order valence-electron chi connectivity index (χ3n) is 4.66. The maximum atomic E-state index is 5.63. The van der Waals surface area contributed by atoms with E-state index in [0.29, 0.717) is 6.17 Å². The summed E-state index contributed by atoms with van der Waals surface area (Å²) in [6.07, 6.45) is 23.3. The zero-order chi connectivity index (χ0) is 16.6. The highest BCUT2D eigenvalue weighted by molar-refractivity contribution is 5.62. The number of nitrogens with zero attached hydrogens (tertiary/aromatic N) is 2. The second-order valence-corrected chi connectivity index (χ2v) is 6.76. The Morgan fingerprint density at radius 3 is 2.35 bits per heavy atom. The fourth-order valence-electron chi connectivity index (χ4n) is 3.21. The van der Waals surface area contributed by atoms with Gasteiger partial charge in [0.15, 0.2) is 0 Å². The predicted octanol–water partition coefficient (Wildman–Crippen LogP) is 4.91. The van der Waals surface area contributed by atoms with Crippen molar-refractivity contribution in [3.05, 3.63) is 12.2 Å². The van der Waals surface area contributed by atoms with E-state index in [1.54, 1.807) is 0 Å². The Morgan fingerprint density at radius 1 is 1.00 bits per heavy atom. The molecule has 3 nitrogen and oxygen atoms in total. The van der Waals surface area contributed by atoms with Gasteiger partial charge in [0.2, 0.25) is 0 Å². The highest BCUT2D eigenvalue weighted by Gasteiger charge is 2.18. The van der Waals surface area contributed by atoms with Gasteiger partial charge in [0.1, 0.15) is 6.17 Å². The average molecular weight is 322 g/mol. The zero-order valence-electron chi connectivity index (χ0n) is 15.4. The van der Waals surface area contributed by atoms with E-state index in [0.717, 1.165) is 32.5 Å². The summed E-state index contributed by atoms with van der Waals surface area (Å²) in [5, 5.41) is 0. The van der Waals surface area contributed by atoms with Crippen molar-refractivity contribution in [2.45, 2.75) is 90.1 Å². The van der Waals surface area contributed by atoms with Crippen LogP contribution in [0.5, 0.6) is 0 Å². The van der Waals surface area contributed by atoms with Crippen molar-refractivity contribution in [2.24, 2.45) is 10.7 Å². The first-order valence-corrected chi connectivity index (χ1v) is 9.99. The molecule has 0 amide bonds. The van der Waals surface area contributed by atoms with Crippen molar-refractivity contribution in [3.8, 4) is 0 Å². The van der Waals surface area contributed by atoms with Crippen LogP contribution in [-0.2, 0) is 0 Å². The maximum Gasteiger partial charge on any atom is 0.102 e. The monoisotopic (exact) mass is 321 g/mol. The van der Waals surface area contributed by atoms with E-state index in [1.165, 1.54) is 64.2 Å². The van der Waals surface area contributed by atoms with Crippen LogP contribution in [0.3, 0.4) is 0 Å². The van der Waals surface area contributed by atoms with E-state index in [9.17, 15) is 0 Å². The first-order valence-electron chi connectivity index (χ1n) is 9.99. The van der Waals surface area contributed by atoms with E-state index in [1.807, 2.05) is 6.21 Å². The molecule has 0 radical (unpaired) electrons. The van der Waals surface area contributed by atoms with Crippen LogP contribution >= 0.6 is 0 Å². The van der Waals surface area contributed by atoms with Gasteiger partial charge < -0.3 is 5.73 Å². The highest BCUT2D eigenvalue weighted by Crippen LogP contribution is 2.13. The summed E-state index contributed by atoms with van der Waals surface area (Å²) < 4.78 is 0. The molecule has 0 aromatic carbocycles. The lowest BCUT2D eigenvalue weighted by atomic mass is 10.1. The van der Waals surface area contributed by atoms with Crippen LogP contribution in [-0.4, -0.2) is 36.9 Å². The van der Waals surface area contributed by atoms with Crippen molar-refractivity contribution in [1.82, 2.24) is 4.90 Å². The van der Waals surface area contributed by atoms with Gasteiger partial charge in [0.05, 0.1) is 0 Å². The highest BCUT2D eigenvalue weighted by atomic mass is 15.3. The molecule has 1 aliphatic heterocycles. The summed E-state index contributed by atoms with van der Waals surface area (Å²) in [5.41, 5.74) is 5.63. The predicted molar refractivity (Wildman–Crippen MR) is 103 cm³/mol. The fraction of sp³-hybridized carbons (Fsp3) is 0.850. The van der Waals surface area contributed by atoms with Crippen LogP contribution in [0.4, 0.5) is 0 Å². The largest absolute Gasteiger partial charge is 0.329 e. The normalized spacial score (nSPS) is 18.4. The van der Waals surface area contributed by atoms with Crippen LogP contribution in [0, 0.1) is 0 Å². The Balaban J connectivity index is 1.86. The molecular formula is C20H39N3. The molecule has 23 heavy (non-hydrogen) atoms. The zero-order valence-corrected chi connectivity index (χ0v) is 15.4. The Morgan fingerprint density at radius 2 is 1.65 bits per heavy atom. The minimum Gasteiger partial charge on any atom is -0.329 e. The van der Waals surface area contributed by atoms with Crippen molar-refractivity contribution in [2.75, 3.05) is 19.6 Å². The number of hydrogen-bond donors (Lipinski definition) is 1. The van der Waals surface area contributed by atoms with Crippen molar-refractivity contribution in [1.29, 1.82) is 0 Å². The quantitative estimate of drug-likeness (QED) is 0.344. The number of allylic oxidation sites excluding steroid dienone is 2. The summed E-state index contributed by atoms with van der Waals surface area (Å²) in [7, 11) is 0. The standard InChI is InChI=1S/C20H39N3/c1-2-3-4-5-6-7-8-9-10-11-12-13-14-15-20-22-17-19-23(20)18-16-21/h12-13,17,20H,2-11,14-16,18-19,21H2,1H3/b13-12+. The number of aliphatic imine (C=N–C) groups is 1. The summed E-state index contributed by atoms with van der Waals surface area (Å²) in [4.78, 5) is 6.91. The minimum atomic E-state index is 0.371. The molecule has 0 aromatic rings. The SMILES string of the molecule is CCCCCCCCCCC/C=C/CCC1N=CCN1CCN. The molecule has 0 aliphatic carbocycles. The van der Waals surface area contributed by atoms with Crippen molar-refractivity contribution >= 4 is 6.21 Å². The molecule has 2 N–H and O–H groups in total. The fourth-order valence-corrected chi connectivity index (χ4v) is 3.21. The lowest BCUT2D eigenvalue weighted by molar-refractivity contribution is 0.247. The van der Waals surface area contributed by atoms with E-state index >= 15 is 0 Å². The van der Waals surface area contributed by atoms with Gasteiger partial charge in [-0.1, -0.05) is 70.4 Å². The number of hydrogen-bond acceptors (Lipinski definition) is 3. The molecule has 1 rings (SSSR count). The van der Waals surface area contributed by atoms with Gasteiger partial charge >= 0.3 is 0 Å². The number of rotatable bonds is 15. The molecule has 0 spiro atoms. The summed E-state index contributed by atoms with van der Waals surface area (Å²) in [5.74, 6) is 0. The molecule has 1 aliphatic rings. The van der Waals surface area contributed by atoms with Crippen LogP contribution in [0.2, 0.25) is 0 Å². The Bertz CT molecular complexity index is 312. The second-order valence-electron chi connectivity index (χ2n) is 6.76. The molecule has 1 atom stereocenters.